The Kier molecular flexibility index (Phi) is 7.80. The Labute approximate surface area is 137 Å². The van der Waals surface area contributed by atoms with E-state index in [0.29, 0.717) is 17.8 Å². The minimum atomic E-state index is -0.199. The highest BCUT2D eigenvalue weighted by molar-refractivity contribution is 4.82. The Hall–Kier alpha value is -0.160. The normalized spacial score (nSPS) is 34.6. The van der Waals surface area contributed by atoms with Gasteiger partial charge < -0.3 is 19.1 Å². The zero-order chi connectivity index (χ0) is 16.9. The molecule has 1 aliphatic rings. The molecule has 132 valence electrons. The van der Waals surface area contributed by atoms with E-state index in [1.54, 1.807) is 7.11 Å². The summed E-state index contributed by atoms with van der Waals surface area (Å²) in [6.07, 6.45) is 4.14. The molecule has 0 aromatic carbocycles. The third-order valence-electron chi connectivity index (χ3n) is 5.25. The van der Waals surface area contributed by atoms with Crippen LogP contribution in [0.25, 0.3) is 0 Å². The zero-order valence-corrected chi connectivity index (χ0v) is 15.7. The monoisotopic (exact) mass is 316 g/mol. The Balaban J connectivity index is 2.32. The summed E-state index contributed by atoms with van der Waals surface area (Å²) in [5, 5.41) is 10.1. The molecule has 0 aromatic heterocycles. The van der Waals surface area contributed by atoms with Crippen molar-refractivity contribution in [2.75, 3.05) is 34.8 Å². The van der Waals surface area contributed by atoms with Crippen LogP contribution in [0.2, 0.25) is 0 Å². The van der Waals surface area contributed by atoms with Gasteiger partial charge in [-0.25, -0.2) is 0 Å². The summed E-state index contributed by atoms with van der Waals surface area (Å²) in [5.41, 5.74) is 0. The Morgan fingerprint density at radius 1 is 1.05 bits per heavy atom. The van der Waals surface area contributed by atoms with E-state index in [4.69, 9.17) is 9.47 Å². The second-order valence-electron chi connectivity index (χ2n) is 8.27. The van der Waals surface area contributed by atoms with Crippen molar-refractivity contribution in [1.29, 1.82) is 0 Å². The first-order chi connectivity index (χ1) is 10.2. The van der Waals surface area contributed by atoms with Crippen molar-refractivity contribution in [3.8, 4) is 0 Å². The SMILES string of the molecule is COC1OC(CCCCC(O)C[N+](C)(C)C)C(C)C(C)C1C. The summed E-state index contributed by atoms with van der Waals surface area (Å²) in [6.45, 7) is 7.63. The van der Waals surface area contributed by atoms with E-state index in [9.17, 15) is 5.11 Å². The quantitative estimate of drug-likeness (QED) is 0.553. The lowest BCUT2D eigenvalue weighted by Crippen LogP contribution is -2.45. The van der Waals surface area contributed by atoms with Crippen LogP contribution in [0.5, 0.6) is 0 Å². The molecule has 1 N–H and O–H groups in total. The van der Waals surface area contributed by atoms with Crippen LogP contribution in [0.15, 0.2) is 0 Å². The number of unbranched alkanes of at least 4 members (excludes halogenated alkanes) is 1. The highest BCUT2D eigenvalue weighted by Crippen LogP contribution is 2.37. The van der Waals surface area contributed by atoms with Crippen molar-refractivity contribution in [1.82, 2.24) is 0 Å². The summed E-state index contributed by atoms with van der Waals surface area (Å²) in [7, 11) is 8.10. The predicted octanol–water partition coefficient (Wildman–Crippen LogP) is 2.89. The number of aliphatic hydroxyl groups is 1. The number of ether oxygens (including phenoxy) is 2. The topological polar surface area (TPSA) is 38.7 Å². The van der Waals surface area contributed by atoms with Crippen LogP contribution in [0.4, 0.5) is 0 Å². The molecule has 6 unspecified atom stereocenters. The van der Waals surface area contributed by atoms with Gasteiger partial charge in [0.2, 0.25) is 0 Å². The molecule has 6 atom stereocenters. The number of quaternary nitrogens is 1. The third-order valence-corrected chi connectivity index (χ3v) is 5.25. The van der Waals surface area contributed by atoms with Gasteiger partial charge in [0.1, 0.15) is 12.6 Å². The van der Waals surface area contributed by atoms with E-state index < -0.39 is 0 Å². The van der Waals surface area contributed by atoms with E-state index in [1.807, 2.05) is 0 Å². The molecule has 0 bridgehead atoms. The molecule has 4 heteroatoms. The number of rotatable bonds is 8. The van der Waals surface area contributed by atoms with Crippen molar-refractivity contribution in [2.45, 2.75) is 65.0 Å². The van der Waals surface area contributed by atoms with Crippen molar-refractivity contribution in [3.63, 3.8) is 0 Å². The average molecular weight is 317 g/mol. The maximum absolute atomic E-state index is 10.1. The van der Waals surface area contributed by atoms with E-state index in [0.717, 1.165) is 36.7 Å². The Morgan fingerprint density at radius 3 is 2.23 bits per heavy atom. The van der Waals surface area contributed by atoms with E-state index in [2.05, 4.69) is 41.9 Å². The highest BCUT2D eigenvalue weighted by Gasteiger charge is 2.38. The molecule has 0 aliphatic carbocycles. The average Bonchev–Trinajstić information content (AvgIpc) is 2.41. The van der Waals surface area contributed by atoms with E-state index in [1.165, 1.54) is 0 Å². The van der Waals surface area contributed by atoms with Crippen LogP contribution in [0.1, 0.15) is 46.5 Å². The van der Waals surface area contributed by atoms with Gasteiger partial charge in [0.05, 0.1) is 27.2 Å². The summed E-state index contributed by atoms with van der Waals surface area (Å²) in [4.78, 5) is 0. The predicted molar refractivity (Wildman–Crippen MR) is 90.5 cm³/mol. The third kappa shape index (κ3) is 6.15. The number of methoxy groups -OCH3 is 1. The van der Waals surface area contributed by atoms with Crippen molar-refractivity contribution >= 4 is 0 Å². The molecule has 1 fully saturated rings. The van der Waals surface area contributed by atoms with E-state index in [-0.39, 0.29) is 18.5 Å². The van der Waals surface area contributed by atoms with Crippen LogP contribution in [0.3, 0.4) is 0 Å². The number of nitrogens with zero attached hydrogens (tertiary/aromatic N) is 1. The number of hydrogen-bond donors (Lipinski definition) is 1. The van der Waals surface area contributed by atoms with Gasteiger partial charge in [-0.2, -0.15) is 0 Å². The first-order valence-electron chi connectivity index (χ1n) is 8.82. The molecule has 0 radical (unpaired) electrons. The molecule has 4 nitrogen and oxygen atoms in total. The highest BCUT2D eigenvalue weighted by atomic mass is 16.7. The van der Waals surface area contributed by atoms with Crippen LogP contribution in [-0.4, -0.2) is 62.9 Å². The molecule has 1 saturated heterocycles. The summed E-state index contributed by atoms with van der Waals surface area (Å²) >= 11 is 0. The van der Waals surface area contributed by atoms with Gasteiger partial charge in [-0.3, -0.25) is 0 Å². The van der Waals surface area contributed by atoms with Crippen LogP contribution in [-0.2, 0) is 9.47 Å². The lowest BCUT2D eigenvalue weighted by atomic mass is 9.77. The summed E-state index contributed by atoms with van der Waals surface area (Å²) < 4.78 is 12.4. The molecule has 0 amide bonds. The minimum absolute atomic E-state index is 0.0695. The van der Waals surface area contributed by atoms with Crippen LogP contribution >= 0.6 is 0 Å². The summed E-state index contributed by atoms with van der Waals surface area (Å²) in [6, 6.07) is 0. The lowest BCUT2D eigenvalue weighted by molar-refractivity contribution is -0.873. The number of aliphatic hydroxyl groups excluding tert-OH is 1. The molecule has 22 heavy (non-hydrogen) atoms. The first kappa shape index (κ1) is 19.9. The largest absolute Gasteiger partial charge is 0.387 e. The van der Waals surface area contributed by atoms with Crippen LogP contribution in [0, 0.1) is 17.8 Å². The van der Waals surface area contributed by atoms with Crippen LogP contribution < -0.4 is 0 Å². The van der Waals surface area contributed by atoms with Crippen molar-refractivity contribution < 1.29 is 19.1 Å². The van der Waals surface area contributed by atoms with Gasteiger partial charge in [0.15, 0.2) is 6.29 Å². The molecule has 0 spiro atoms. The molecule has 0 saturated carbocycles. The fourth-order valence-corrected chi connectivity index (χ4v) is 3.54. The van der Waals surface area contributed by atoms with Gasteiger partial charge in [0.25, 0.3) is 0 Å². The van der Waals surface area contributed by atoms with Gasteiger partial charge >= 0.3 is 0 Å². The second kappa shape index (κ2) is 8.62. The fraction of sp³-hybridized carbons (Fsp3) is 1.00. The maximum Gasteiger partial charge on any atom is 0.160 e. The maximum atomic E-state index is 10.1. The Bertz CT molecular complexity index is 314. The molecule has 0 aromatic rings. The number of likely N-dealkylation sites (N-methyl/N-ethyl adjacent to an activating group) is 1. The number of hydrogen-bond acceptors (Lipinski definition) is 3. The Morgan fingerprint density at radius 2 is 1.68 bits per heavy atom. The van der Waals surface area contributed by atoms with Gasteiger partial charge in [-0.1, -0.05) is 33.6 Å². The molecular formula is C18H38NO3+. The summed E-state index contributed by atoms with van der Waals surface area (Å²) in [5.74, 6) is 1.63. The van der Waals surface area contributed by atoms with Gasteiger partial charge in [-0.15, -0.1) is 0 Å². The fourth-order valence-electron chi connectivity index (χ4n) is 3.54. The second-order valence-corrected chi connectivity index (χ2v) is 8.27. The first-order valence-corrected chi connectivity index (χ1v) is 8.82. The van der Waals surface area contributed by atoms with Crippen molar-refractivity contribution in [3.05, 3.63) is 0 Å². The standard InChI is InChI=1S/C18H38NO3/c1-13-14(2)17(22-18(21-7)15(13)3)11-9-8-10-16(20)12-19(4,5)6/h13-18,20H,8-12H2,1-7H3/q+1. The van der Waals surface area contributed by atoms with Gasteiger partial charge in [0, 0.05) is 13.0 Å². The molecule has 1 heterocycles. The molecule has 1 aliphatic heterocycles. The van der Waals surface area contributed by atoms with E-state index >= 15 is 0 Å². The molecular weight excluding hydrogens is 278 g/mol. The lowest BCUT2D eigenvalue weighted by Gasteiger charge is -2.43. The van der Waals surface area contributed by atoms with Gasteiger partial charge in [-0.05, 0) is 24.7 Å². The zero-order valence-electron chi connectivity index (χ0n) is 15.7. The van der Waals surface area contributed by atoms with Crippen molar-refractivity contribution in [2.24, 2.45) is 17.8 Å². The smallest absolute Gasteiger partial charge is 0.160 e. The molecule has 1 rings (SSSR count). The minimum Gasteiger partial charge on any atom is -0.387 e.